The third-order valence-corrected chi connectivity index (χ3v) is 4.47. The first-order chi connectivity index (χ1) is 11.3. The summed E-state index contributed by atoms with van der Waals surface area (Å²) in [6.07, 6.45) is 1.76. The number of halogens is 1. The molecular formula is C17H17BrN4O. The molecule has 0 radical (unpaired) electrons. The fraction of sp³-hybridized carbons (Fsp3) is 0.294. The minimum atomic E-state index is 0.737. The number of morpholine rings is 1. The Labute approximate surface area is 142 Å². The van der Waals surface area contributed by atoms with Crippen LogP contribution in [0.1, 0.15) is 5.56 Å². The summed E-state index contributed by atoms with van der Waals surface area (Å²) in [5, 5.41) is 0. The first-order valence-corrected chi connectivity index (χ1v) is 8.48. The molecule has 0 amide bonds. The Morgan fingerprint density at radius 1 is 1.17 bits per heavy atom. The van der Waals surface area contributed by atoms with Crippen LogP contribution < -0.4 is 0 Å². The molecule has 1 fully saturated rings. The van der Waals surface area contributed by atoms with Crippen molar-refractivity contribution in [3.05, 3.63) is 46.6 Å². The summed E-state index contributed by atoms with van der Waals surface area (Å²) < 4.78 is 6.33. The number of imidazole rings is 1. The van der Waals surface area contributed by atoms with Crippen LogP contribution in [0.2, 0.25) is 0 Å². The molecule has 1 aliphatic heterocycles. The number of hydrogen-bond donors (Lipinski definition) is 1. The first kappa shape index (κ1) is 14.8. The molecule has 1 aliphatic rings. The number of nitrogens with zero attached hydrogens (tertiary/aromatic N) is 3. The van der Waals surface area contributed by atoms with Gasteiger partial charge in [-0.25, -0.2) is 9.97 Å². The third kappa shape index (κ3) is 3.29. The van der Waals surface area contributed by atoms with Crippen LogP contribution in [0.15, 0.2) is 41.0 Å². The second-order valence-electron chi connectivity index (χ2n) is 5.70. The van der Waals surface area contributed by atoms with Crippen LogP contribution in [0.4, 0.5) is 0 Å². The maximum atomic E-state index is 5.39. The summed E-state index contributed by atoms with van der Waals surface area (Å²) in [7, 11) is 0. The number of benzene rings is 1. The van der Waals surface area contributed by atoms with Crippen LogP contribution in [0, 0.1) is 0 Å². The largest absolute Gasteiger partial charge is 0.379 e. The summed E-state index contributed by atoms with van der Waals surface area (Å²) in [6.45, 7) is 4.65. The van der Waals surface area contributed by atoms with Crippen molar-refractivity contribution < 1.29 is 4.74 Å². The molecule has 6 heteroatoms. The van der Waals surface area contributed by atoms with Crippen LogP contribution in [0.3, 0.4) is 0 Å². The number of rotatable bonds is 3. The van der Waals surface area contributed by atoms with Crippen LogP contribution in [0.5, 0.6) is 0 Å². The third-order valence-electron chi connectivity index (χ3n) is 4.04. The topological polar surface area (TPSA) is 54.0 Å². The Balaban J connectivity index is 1.54. The number of H-pyrrole nitrogens is 1. The molecule has 1 aromatic carbocycles. The van der Waals surface area contributed by atoms with Crippen molar-refractivity contribution in [2.45, 2.75) is 6.54 Å². The van der Waals surface area contributed by atoms with Crippen molar-refractivity contribution in [2.24, 2.45) is 0 Å². The molecule has 0 aliphatic carbocycles. The maximum Gasteiger partial charge on any atom is 0.178 e. The van der Waals surface area contributed by atoms with Gasteiger partial charge in [0.15, 0.2) is 5.65 Å². The molecule has 23 heavy (non-hydrogen) atoms. The molecule has 0 unspecified atom stereocenters. The number of ether oxygens (including phenoxy) is 1. The lowest BCUT2D eigenvalue weighted by Gasteiger charge is -2.26. The zero-order valence-corrected chi connectivity index (χ0v) is 14.2. The van der Waals surface area contributed by atoms with Crippen molar-refractivity contribution in [3.8, 4) is 11.4 Å². The van der Waals surface area contributed by atoms with Crippen molar-refractivity contribution in [2.75, 3.05) is 26.3 Å². The lowest BCUT2D eigenvalue weighted by atomic mass is 10.1. The van der Waals surface area contributed by atoms with Gasteiger partial charge in [-0.15, -0.1) is 0 Å². The summed E-state index contributed by atoms with van der Waals surface area (Å²) >= 11 is 3.43. The molecule has 1 saturated heterocycles. The van der Waals surface area contributed by atoms with E-state index in [1.807, 2.05) is 6.07 Å². The summed E-state index contributed by atoms with van der Waals surface area (Å²) in [4.78, 5) is 14.6. The lowest BCUT2D eigenvalue weighted by molar-refractivity contribution is 0.0342. The Bertz CT molecular complexity index is 809. The average molecular weight is 373 g/mol. The Hall–Kier alpha value is -1.76. The second kappa shape index (κ2) is 6.39. The van der Waals surface area contributed by atoms with E-state index in [0.29, 0.717) is 0 Å². The fourth-order valence-electron chi connectivity index (χ4n) is 2.80. The van der Waals surface area contributed by atoms with Crippen LogP contribution >= 0.6 is 15.9 Å². The highest BCUT2D eigenvalue weighted by Gasteiger charge is 2.11. The predicted molar refractivity (Wildman–Crippen MR) is 93.1 cm³/mol. The second-order valence-corrected chi connectivity index (χ2v) is 6.61. The normalized spacial score (nSPS) is 16.0. The maximum absolute atomic E-state index is 5.39. The minimum Gasteiger partial charge on any atom is -0.379 e. The molecule has 118 valence electrons. The first-order valence-electron chi connectivity index (χ1n) is 7.68. The number of fused-ring (bicyclic) bond motifs is 1. The SMILES string of the molecule is Brc1cnc2nc(-c3ccc(CN4CCOCC4)cc3)[nH]c2c1. The summed E-state index contributed by atoms with van der Waals surface area (Å²) in [5.41, 5.74) is 4.06. The van der Waals surface area contributed by atoms with E-state index < -0.39 is 0 Å². The summed E-state index contributed by atoms with van der Waals surface area (Å²) in [6, 6.07) is 10.6. The van der Waals surface area contributed by atoms with E-state index in [0.717, 1.165) is 59.9 Å². The molecule has 0 bridgehead atoms. The van der Waals surface area contributed by atoms with E-state index in [2.05, 4.69) is 60.0 Å². The van der Waals surface area contributed by atoms with Gasteiger partial charge in [-0.1, -0.05) is 24.3 Å². The quantitative estimate of drug-likeness (QED) is 0.766. The van der Waals surface area contributed by atoms with E-state index in [1.54, 1.807) is 6.20 Å². The lowest BCUT2D eigenvalue weighted by Crippen LogP contribution is -2.35. The number of aromatic amines is 1. The molecule has 3 aromatic rings. The van der Waals surface area contributed by atoms with Gasteiger partial charge in [0.25, 0.3) is 0 Å². The molecule has 4 rings (SSSR count). The van der Waals surface area contributed by atoms with Gasteiger partial charge in [-0.05, 0) is 27.6 Å². The predicted octanol–water partition coefficient (Wildman–Crippen LogP) is 3.22. The van der Waals surface area contributed by atoms with E-state index in [9.17, 15) is 0 Å². The molecule has 0 spiro atoms. The zero-order valence-electron chi connectivity index (χ0n) is 12.6. The van der Waals surface area contributed by atoms with Gasteiger partial charge in [0.05, 0.1) is 18.7 Å². The van der Waals surface area contributed by atoms with Crippen molar-refractivity contribution >= 4 is 27.1 Å². The average Bonchev–Trinajstić information content (AvgIpc) is 2.99. The van der Waals surface area contributed by atoms with Crippen LogP contribution in [-0.2, 0) is 11.3 Å². The van der Waals surface area contributed by atoms with Crippen molar-refractivity contribution in [3.63, 3.8) is 0 Å². The Morgan fingerprint density at radius 3 is 2.74 bits per heavy atom. The summed E-state index contributed by atoms with van der Waals surface area (Å²) in [5.74, 6) is 0.850. The molecule has 5 nitrogen and oxygen atoms in total. The van der Waals surface area contributed by atoms with Gasteiger partial charge >= 0.3 is 0 Å². The molecule has 2 aromatic heterocycles. The van der Waals surface area contributed by atoms with Gasteiger partial charge in [-0.3, -0.25) is 4.90 Å². The van der Waals surface area contributed by atoms with Gasteiger partial charge < -0.3 is 9.72 Å². The number of pyridine rings is 1. The number of aromatic nitrogens is 3. The van der Waals surface area contributed by atoms with Gasteiger partial charge in [0.2, 0.25) is 0 Å². The van der Waals surface area contributed by atoms with Crippen LogP contribution in [0.25, 0.3) is 22.6 Å². The van der Waals surface area contributed by atoms with Crippen molar-refractivity contribution in [1.29, 1.82) is 0 Å². The van der Waals surface area contributed by atoms with E-state index in [-0.39, 0.29) is 0 Å². The van der Waals surface area contributed by atoms with E-state index in [4.69, 9.17) is 4.74 Å². The van der Waals surface area contributed by atoms with Gasteiger partial charge in [0.1, 0.15) is 5.82 Å². The van der Waals surface area contributed by atoms with E-state index >= 15 is 0 Å². The van der Waals surface area contributed by atoms with Gasteiger partial charge in [-0.2, -0.15) is 0 Å². The zero-order chi connectivity index (χ0) is 15.6. The molecule has 0 saturated carbocycles. The number of nitrogens with one attached hydrogen (secondary N) is 1. The van der Waals surface area contributed by atoms with Crippen LogP contribution in [-0.4, -0.2) is 46.2 Å². The standard InChI is InChI=1S/C17H17BrN4O/c18-14-9-15-17(19-10-14)21-16(20-15)13-3-1-12(2-4-13)11-22-5-7-23-8-6-22/h1-4,9-10H,5-8,11H2,(H,19,20,21). The van der Waals surface area contributed by atoms with Gasteiger partial charge in [0, 0.05) is 35.9 Å². The minimum absolute atomic E-state index is 0.737. The molecular weight excluding hydrogens is 356 g/mol. The smallest absolute Gasteiger partial charge is 0.178 e. The molecule has 0 atom stereocenters. The Kier molecular flexibility index (Phi) is 4.11. The molecule has 1 N–H and O–H groups in total. The Morgan fingerprint density at radius 2 is 1.96 bits per heavy atom. The van der Waals surface area contributed by atoms with E-state index in [1.165, 1.54) is 5.56 Å². The fourth-order valence-corrected chi connectivity index (χ4v) is 3.13. The highest BCUT2D eigenvalue weighted by Crippen LogP contribution is 2.22. The monoisotopic (exact) mass is 372 g/mol. The molecule has 3 heterocycles. The van der Waals surface area contributed by atoms with Crippen molar-refractivity contribution in [1.82, 2.24) is 19.9 Å². The number of hydrogen-bond acceptors (Lipinski definition) is 4. The highest BCUT2D eigenvalue weighted by atomic mass is 79.9. The highest BCUT2D eigenvalue weighted by molar-refractivity contribution is 9.10.